The SMILES string of the molecule is C[C@@H](CO)Nc1nc(Nc2ccc(F)cc2F)cc(C(F)(F)F)n1. The Kier molecular flexibility index (Phi) is 5.17. The van der Waals surface area contributed by atoms with Gasteiger partial charge in [-0.25, -0.2) is 13.8 Å². The highest BCUT2D eigenvalue weighted by molar-refractivity contribution is 5.58. The number of aliphatic hydroxyl groups excluding tert-OH is 1. The zero-order valence-corrected chi connectivity index (χ0v) is 12.3. The van der Waals surface area contributed by atoms with Gasteiger partial charge in [-0.3, -0.25) is 0 Å². The Morgan fingerprint density at radius 1 is 1.17 bits per heavy atom. The number of anilines is 3. The summed E-state index contributed by atoms with van der Waals surface area (Å²) >= 11 is 0. The van der Waals surface area contributed by atoms with E-state index < -0.39 is 35.5 Å². The Balaban J connectivity index is 2.38. The number of nitrogens with zero attached hydrogens (tertiary/aromatic N) is 2. The summed E-state index contributed by atoms with van der Waals surface area (Å²) in [5, 5.41) is 13.8. The Morgan fingerprint density at radius 3 is 2.46 bits per heavy atom. The average molecular weight is 348 g/mol. The molecule has 0 aliphatic heterocycles. The molecule has 1 atom stereocenters. The van der Waals surface area contributed by atoms with Crippen molar-refractivity contribution < 1.29 is 27.1 Å². The molecule has 0 saturated carbocycles. The Hall–Kier alpha value is -2.49. The number of hydrogen-bond donors (Lipinski definition) is 3. The smallest absolute Gasteiger partial charge is 0.394 e. The summed E-state index contributed by atoms with van der Waals surface area (Å²) in [6.45, 7) is 1.16. The Bertz CT molecular complexity index is 723. The van der Waals surface area contributed by atoms with Crippen LogP contribution >= 0.6 is 0 Å². The lowest BCUT2D eigenvalue weighted by Crippen LogP contribution is -2.22. The molecule has 0 unspecified atom stereocenters. The van der Waals surface area contributed by atoms with Gasteiger partial charge in [-0.2, -0.15) is 18.2 Å². The fourth-order valence-electron chi connectivity index (χ4n) is 1.72. The molecule has 1 heterocycles. The van der Waals surface area contributed by atoms with Crippen LogP contribution in [0.2, 0.25) is 0 Å². The molecule has 5 nitrogen and oxygen atoms in total. The minimum absolute atomic E-state index is 0.246. The van der Waals surface area contributed by atoms with Crippen LogP contribution in [-0.4, -0.2) is 27.7 Å². The molecule has 0 aliphatic rings. The van der Waals surface area contributed by atoms with Crippen LogP contribution in [0.1, 0.15) is 12.6 Å². The number of rotatable bonds is 5. The molecule has 0 saturated heterocycles. The molecule has 10 heteroatoms. The van der Waals surface area contributed by atoms with Crippen molar-refractivity contribution in [2.24, 2.45) is 0 Å². The van der Waals surface area contributed by atoms with E-state index in [0.29, 0.717) is 12.1 Å². The summed E-state index contributed by atoms with van der Waals surface area (Å²) < 4.78 is 65.3. The van der Waals surface area contributed by atoms with Gasteiger partial charge in [0.1, 0.15) is 17.5 Å². The number of nitrogens with one attached hydrogen (secondary N) is 2. The van der Waals surface area contributed by atoms with E-state index >= 15 is 0 Å². The topological polar surface area (TPSA) is 70.1 Å². The zero-order chi connectivity index (χ0) is 17.9. The van der Waals surface area contributed by atoms with Gasteiger partial charge >= 0.3 is 6.18 Å². The fraction of sp³-hybridized carbons (Fsp3) is 0.286. The maximum atomic E-state index is 13.6. The normalized spacial score (nSPS) is 12.8. The lowest BCUT2D eigenvalue weighted by molar-refractivity contribution is -0.141. The van der Waals surface area contributed by atoms with E-state index in [1.807, 2.05) is 0 Å². The molecule has 2 aromatic rings. The van der Waals surface area contributed by atoms with Gasteiger partial charge in [0.05, 0.1) is 12.3 Å². The van der Waals surface area contributed by atoms with E-state index in [4.69, 9.17) is 5.11 Å². The van der Waals surface area contributed by atoms with E-state index in [-0.39, 0.29) is 18.1 Å². The van der Waals surface area contributed by atoms with Gasteiger partial charge in [-0.05, 0) is 19.1 Å². The van der Waals surface area contributed by atoms with Gasteiger partial charge in [0.15, 0.2) is 5.69 Å². The molecule has 0 spiro atoms. The largest absolute Gasteiger partial charge is 0.433 e. The molecule has 0 fully saturated rings. The molecule has 24 heavy (non-hydrogen) atoms. The zero-order valence-electron chi connectivity index (χ0n) is 12.3. The van der Waals surface area contributed by atoms with Crippen LogP contribution in [0.3, 0.4) is 0 Å². The van der Waals surface area contributed by atoms with Gasteiger partial charge in [0.25, 0.3) is 0 Å². The molecule has 0 bridgehead atoms. The lowest BCUT2D eigenvalue weighted by Gasteiger charge is -2.15. The molecular formula is C14H13F5N4O. The predicted octanol–water partition coefficient (Wildman–Crippen LogP) is 3.31. The van der Waals surface area contributed by atoms with Crippen LogP contribution in [0.4, 0.5) is 39.4 Å². The van der Waals surface area contributed by atoms with Crippen molar-refractivity contribution in [3.05, 3.63) is 41.6 Å². The van der Waals surface area contributed by atoms with Crippen molar-refractivity contribution in [3.63, 3.8) is 0 Å². The molecule has 1 aromatic heterocycles. The highest BCUT2D eigenvalue weighted by Gasteiger charge is 2.34. The van der Waals surface area contributed by atoms with E-state index in [1.54, 1.807) is 0 Å². The fourth-order valence-corrected chi connectivity index (χ4v) is 1.72. The summed E-state index contributed by atoms with van der Waals surface area (Å²) in [6, 6.07) is 2.57. The summed E-state index contributed by atoms with van der Waals surface area (Å²) in [4.78, 5) is 7.11. The highest BCUT2D eigenvalue weighted by atomic mass is 19.4. The van der Waals surface area contributed by atoms with Crippen molar-refractivity contribution in [2.45, 2.75) is 19.1 Å². The molecule has 0 amide bonds. The number of hydrogen-bond acceptors (Lipinski definition) is 5. The van der Waals surface area contributed by atoms with Crippen molar-refractivity contribution in [1.29, 1.82) is 0 Å². The number of alkyl halides is 3. The first-order valence-corrected chi connectivity index (χ1v) is 6.75. The maximum absolute atomic E-state index is 13.6. The summed E-state index contributed by atoms with van der Waals surface area (Å²) in [5.41, 5.74) is -1.50. The number of aliphatic hydroxyl groups is 1. The van der Waals surface area contributed by atoms with E-state index in [9.17, 15) is 22.0 Å². The number of benzene rings is 1. The van der Waals surface area contributed by atoms with Crippen LogP contribution in [0.25, 0.3) is 0 Å². The quantitative estimate of drug-likeness (QED) is 0.724. The standard InChI is InChI=1S/C14H13F5N4O/c1-7(6-24)20-13-22-11(14(17,18)19)5-12(23-13)21-10-3-2-8(15)4-9(10)16/h2-5,7,24H,6H2,1H3,(H2,20,21,22,23)/t7-/m0/s1. The Labute approximate surface area is 133 Å². The first kappa shape index (κ1) is 17.9. The maximum Gasteiger partial charge on any atom is 0.433 e. The van der Waals surface area contributed by atoms with E-state index in [1.165, 1.54) is 6.92 Å². The average Bonchev–Trinajstić information content (AvgIpc) is 2.49. The van der Waals surface area contributed by atoms with Crippen molar-refractivity contribution in [1.82, 2.24) is 9.97 Å². The molecule has 0 radical (unpaired) electrons. The van der Waals surface area contributed by atoms with Crippen molar-refractivity contribution in [2.75, 3.05) is 17.2 Å². The van der Waals surface area contributed by atoms with E-state index in [2.05, 4.69) is 20.6 Å². The first-order chi connectivity index (χ1) is 11.2. The molecule has 0 aliphatic carbocycles. The second-order valence-electron chi connectivity index (χ2n) is 4.94. The molecule has 130 valence electrons. The van der Waals surface area contributed by atoms with Crippen molar-refractivity contribution in [3.8, 4) is 0 Å². The van der Waals surface area contributed by atoms with Gasteiger partial charge in [0.2, 0.25) is 5.95 Å². The van der Waals surface area contributed by atoms with Crippen LogP contribution in [0, 0.1) is 11.6 Å². The highest BCUT2D eigenvalue weighted by Crippen LogP contribution is 2.31. The van der Waals surface area contributed by atoms with Crippen LogP contribution in [-0.2, 0) is 6.18 Å². The molecule has 2 rings (SSSR count). The number of halogens is 5. The van der Waals surface area contributed by atoms with Gasteiger partial charge in [-0.15, -0.1) is 0 Å². The van der Waals surface area contributed by atoms with Crippen LogP contribution < -0.4 is 10.6 Å². The monoisotopic (exact) mass is 348 g/mol. The van der Waals surface area contributed by atoms with E-state index in [0.717, 1.165) is 12.1 Å². The van der Waals surface area contributed by atoms with Gasteiger partial charge in [0, 0.05) is 18.2 Å². The summed E-state index contributed by atoms with van der Waals surface area (Å²) in [7, 11) is 0. The molecule has 1 aromatic carbocycles. The minimum atomic E-state index is -4.75. The van der Waals surface area contributed by atoms with Gasteiger partial charge in [-0.1, -0.05) is 0 Å². The predicted molar refractivity (Wildman–Crippen MR) is 76.8 cm³/mol. The second kappa shape index (κ2) is 6.95. The third-order valence-electron chi connectivity index (χ3n) is 2.86. The Morgan fingerprint density at radius 2 is 1.88 bits per heavy atom. The van der Waals surface area contributed by atoms with Crippen molar-refractivity contribution >= 4 is 17.5 Å². The summed E-state index contributed by atoms with van der Waals surface area (Å²) in [6.07, 6.45) is -4.75. The lowest BCUT2D eigenvalue weighted by atomic mass is 10.3. The van der Waals surface area contributed by atoms with Gasteiger partial charge < -0.3 is 15.7 Å². The summed E-state index contributed by atoms with van der Waals surface area (Å²) in [5.74, 6) is -2.54. The van der Waals surface area contributed by atoms with Crippen LogP contribution in [0.5, 0.6) is 0 Å². The molecule has 3 N–H and O–H groups in total. The first-order valence-electron chi connectivity index (χ1n) is 6.75. The van der Waals surface area contributed by atoms with Crippen LogP contribution in [0.15, 0.2) is 24.3 Å². The minimum Gasteiger partial charge on any atom is -0.394 e. The number of aromatic nitrogens is 2. The molecular weight excluding hydrogens is 335 g/mol. The second-order valence-corrected chi connectivity index (χ2v) is 4.94. The third kappa shape index (κ3) is 4.51. The third-order valence-corrected chi connectivity index (χ3v) is 2.86.